The first-order valence-corrected chi connectivity index (χ1v) is 5.11. The molecule has 76 valence electrons. The summed E-state index contributed by atoms with van der Waals surface area (Å²) < 4.78 is 5.41. The Hall–Kier alpha value is -1.24. The standard InChI is InChI=1S/C13H18O/c1-4-10-14-13-8-6-12(7-9-13)11(3)5-2/h4,6-9,11H,1,5,10H2,2-3H3/t11-/m0/s1. The maximum absolute atomic E-state index is 5.41. The fraction of sp³-hybridized carbons (Fsp3) is 0.385. The van der Waals surface area contributed by atoms with E-state index in [4.69, 9.17) is 4.74 Å². The van der Waals surface area contributed by atoms with Crippen molar-refractivity contribution in [2.45, 2.75) is 26.2 Å². The van der Waals surface area contributed by atoms with E-state index in [0.29, 0.717) is 12.5 Å². The minimum absolute atomic E-state index is 0.572. The Kier molecular flexibility index (Phi) is 4.24. The SMILES string of the molecule is C=CCOc1ccc([C@@H](C)CC)cc1. The van der Waals surface area contributed by atoms with E-state index in [1.54, 1.807) is 6.08 Å². The van der Waals surface area contributed by atoms with Gasteiger partial charge in [-0.15, -0.1) is 0 Å². The average molecular weight is 190 g/mol. The molecule has 0 heterocycles. The molecule has 1 nitrogen and oxygen atoms in total. The largest absolute Gasteiger partial charge is 0.490 e. The summed E-state index contributed by atoms with van der Waals surface area (Å²) in [6.45, 7) is 8.62. The third-order valence-electron chi connectivity index (χ3n) is 2.43. The van der Waals surface area contributed by atoms with Crippen molar-refractivity contribution < 1.29 is 4.74 Å². The van der Waals surface area contributed by atoms with Gasteiger partial charge in [0.2, 0.25) is 0 Å². The highest BCUT2D eigenvalue weighted by Crippen LogP contribution is 2.21. The molecule has 1 rings (SSSR count). The highest BCUT2D eigenvalue weighted by molar-refractivity contribution is 5.29. The van der Waals surface area contributed by atoms with Crippen LogP contribution in [0.25, 0.3) is 0 Å². The van der Waals surface area contributed by atoms with Crippen LogP contribution in [0.15, 0.2) is 36.9 Å². The van der Waals surface area contributed by atoms with Crippen molar-refractivity contribution in [2.24, 2.45) is 0 Å². The number of ether oxygens (including phenoxy) is 1. The molecule has 14 heavy (non-hydrogen) atoms. The lowest BCUT2D eigenvalue weighted by atomic mass is 9.99. The van der Waals surface area contributed by atoms with Crippen molar-refractivity contribution in [2.75, 3.05) is 6.61 Å². The molecule has 0 fully saturated rings. The van der Waals surface area contributed by atoms with E-state index < -0.39 is 0 Å². The van der Waals surface area contributed by atoms with Gasteiger partial charge >= 0.3 is 0 Å². The molecule has 0 aromatic heterocycles. The lowest BCUT2D eigenvalue weighted by Gasteiger charge is -2.09. The van der Waals surface area contributed by atoms with Gasteiger partial charge in [0.1, 0.15) is 12.4 Å². The average Bonchev–Trinajstić information content (AvgIpc) is 2.26. The normalized spacial score (nSPS) is 12.1. The summed E-state index contributed by atoms with van der Waals surface area (Å²) in [6, 6.07) is 8.30. The Labute approximate surface area is 86.4 Å². The molecule has 0 aliphatic heterocycles. The highest BCUT2D eigenvalue weighted by atomic mass is 16.5. The predicted octanol–water partition coefficient (Wildman–Crippen LogP) is 3.76. The van der Waals surface area contributed by atoms with Crippen LogP contribution >= 0.6 is 0 Å². The number of benzene rings is 1. The summed E-state index contributed by atoms with van der Waals surface area (Å²) in [5, 5.41) is 0. The summed E-state index contributed by atoms with van der Waals surface area (Å²) >= 11 is 0. The molecule has 1 atom stereocenters. The van der Waals surface area contributed by atoms with Crippen LogP contribution in [0.3, 0.4) is 0 Å². The number of hydrogen-bond acceptors (Lipinski definition) is 1. The minimum Gasteiger partial charge on any atom is -0.490 e. The molecule has 0 saturated carbocycles. The Bertz CT molecular complexity index is 274. The molecule has 0 aliphatic rings. The van der Waals surface area contributed by atoms with Crippen LogP contribution in [0.4, 0.5) is 0 Å². The molecule has 0 unspecified atom stereocenters. The van der Waals surface area contributed by atoms with Crippen molar-refractivity contribution in [1.82, 2.24) is 0 Å². The van der Waals surface area contributed by atoms with Crippen molar-refractivity contribution >= 4 is 0 Å². The summed E-state index contributed by atoms with van der Waals surface area (Å²) in [4.78, 5) is 0. The van der Waals surface area contributed by atoms with Crippen LogP contribution < -0.4 is 4.74 Å². The van der Waals surface area contributed by atoms with Crippen LogP contribution in [0, 0.1) is 0 Å². The molecule has 0 radical (unpaired) electrons. The Balaban J connectivity index is 2.63. The molecule has 0 spiro atoms. The van der Waals surface area contributed by atoms with Gasteiger partial charge in [0, 0.05) is 0 Å². The van der Waals surface area contributed by atoms with Crippen LogP contribution in [-0.4, -0.2) is 6.61 Å². The van der Waals surface area contributed by atoms with Gasteiger partial charge in [-0.1, -0.05) is 38.6 Å². The lowest BCUT2D eigenvalue weighted by Crippen LogP contribution is -1.94. The first-order chi connectivity index (χ1) is 6.77. The predicted molar refractivity (Wildman–Crippen MR) is 60.8 cm³/mol. The zero-order valence-electron chi connectivity index (χ0n) is 8.99. The van der Waals surface area contributed by atoms with E-state index in [1.165, 1.54) is 12.0 Å². The Morgan fingerprint density at radius 3 is 2.50 bits per heavy atom. The van der Waals surface area contributed by atoms with E-state index in [9.17, 15) is 0 Å². The van der Waals surface area contributed by atoms with Crippen molar-refractivity contribution in [3.05, 3.63) is 42.5 Å². The summed E-state index contributed by atoms with van der Waals surface area (Å²) in [5.41, 5.74) is 1.37. The first-order valence-electron chi connectivity index (χ1n) is 5.11. The lowest BCUT2D eigenvalue weighted by molar-refractivity contribution is 0.363. The zero-order chi connectivity index (χ0) is 10.4. The second-order valence-corrected chi connectivity index (χ2v) is 3.48. The minimum atomic E-state index is 0.572. The van der Waals surface area contributed by atoms with Gasteiger partial charge in [-0.05, 0) is 30.0 Å². The quantitative estimate of drug-likeness (QED) is 0.642. The summed E-state index contributed by atoms with van der Waals surface area (Å²) in [7, 11) is 0. The van der Waals surface area contributed by atoms with Crippen LogP contribution in [0.5, 0.6) is 5.75 Å². The van der Waals surface area contributed by atoms with Crippen LogP contribution in [0.2, 0.25) is 0 Å². The summed E-state index contributed by atoms with van der Waals surface area (Å²) in [5.74, 6) is 1.54. The topological polar surface area (TPSA) is 9.23 Å². The van der Waals surface area contributed by atoms with Gasteiger partial charge in [-0.2, -0.15) is 0 Å². The maximum Gasteiger partial charge on any atom is 0.119 e. The van der Waals surface area contributed by atoms with E-state index in [1.807, 2.05) is 12.1 Å². The van der Waals surface area contributed by atoms with Gasteiger partial charge in [-0.25, -0.2) is 0 Å². The molecule has 0 aliphatic carbocycles. The second kappa shape index (κ2) is 5.48. The third kappa shape index (κ3) is 2.91. The maximum atomic E-state index is 5.41. The van der Waals surface area contributed by atoms with Gasteiger partial charge < -0.3 is 4.74 Å². The third-order valence-corrected chi connectivity index (χ3v) is 2.43. The molecule has 0 saturated heterocycles. The highest BCUT2D eigenvalue weighted by Gasteiger charge is 2.01. The Morgan fingerprint density at radius 1 is 1.36 bits per heavy atom. The molecule has 1 aromatic carbocycles. The van der Waals surface area contributed by atoms with Gasteiger partial charge in [-0.3, -0.25) is 0 Å². The monoisotopic (exact) mass is 190 g/mol. The number of rotatable bonds is 5. The van der Waals surface area contributed by atoms with E-state index in [-0.39, 0.29) is 0 Å². The van der Waals surface area contributed by atoms with Crippen LogP contribution in [0.1, 0.15) is 31.7 Å². The van der Waals surface area contributed by atoms with Crippen molar-refractivity contribution in [3.8, 4) is 5.75 Å². The summed E-state index contributed by atoms with van der Waals surface area (Å²) in [6.07, 6.45) is 2.93. The van der Waals surface area contributed by atoms with Gasteiger partial charge in [0.15, 0.2) is 0 Å². The molecule has 0 N–H and O–H groups in total. The molecule has 0 amide bonds. The van der Waals surface area contributed by atoms with Crippen molar-refractivity contribution in [1.29, 1.82) is 0 Å². The molecule has 1 heteroatoms. The van der Waals surface area contributed by atoms with E-state index in [2.05, 4.69) is 32.6 Å². The van der Waals surface area contributed by atoms with Gasteiger partial charge in [0.05, 0.1) is 0 Å². The van der Waals surface area contributed by atoms with Crippen LogP contribution in [-0.2, 0) is 0 Å². The zero-order valence-corrected chi connectivity index (χ0v) is 8.99. The van der Waals surface area contributed by atoms with Gasteiger partial charge in [0.25, 0.3) is 0 Å². The smallest absolute Gasteiger partial charge is 0.119 e. The van der Waals surface area contributed by atoms with E-state index >= 15 is 0 Å². The van der Waals surface area contributed by atoms with Crippen molar-refractivity contribution in [3.63, 3.8) is 0 Å². The van der Waals surface area contributed by atoms with E-state index in [0.717, 1.165) is 5.75 Å². The molecular formula is C13H18O. The molecule has 0 bridgehead atoms. The first kappa shape index (κ1) is 10.8. The second-order valence-electron chi connectivity index (χ2n) is 3.48. The Morgan fingerprint density at radius 2 is 2.00 bits per heavy atom. The molecule has 1 aromatic rings. The number of hydrogen-bond donors (Lipinski definition) is 0. The fourth-order valence-corrected chi connectivity index (χ4v) is 1.28. The fourth-order valence-electron chi connectivity index (χ4n) is 1.28. The molecular weight excluding hydrogens is 172 g/mol.